The molecule has 5 rings (SSSR count). The molecule has 0 unspecified atom stereocenters. The highest BCUT2D eigenvalue weighted by molar-refractivity contribution is 7.10. The number of hydrogen-bond donors (Lipinski definition) is 0. The van der Waals surface area contributed by atoms with Crippen molar-refractivity contribution in [3.8, 4) is 11.4 Å². The van der Waals surface area contributed by atoms with Crippen LogP contribution >= 0.6 is 11.3 Å². The Morgan fingerprint density at radius 2 is 2.00 bits per heavy atom. The Balaban J connectivity index is 1.70. The molecule has 128 valence electrons. The van der Waals surface area contributed by atoms with Gasteiger partial charge in [0, 0.05) is 34.8 Å². The maximum Gasteiger partial charge on any atom is 0.163 e. The van der Waals surface area contributed by atoms with Gasteiger partial charge in [0.25, 0.3) is 0 Å². The molecule has 0 saturated carbocycles. The van der Waals surface area contributed by atoms with Crippen molar-refractivity contribution >= 4 is 28.1 Å². The van der Waals surface area contributed by atoms with E-state index in [1.165, 1.54) is 10.4 Å². The Morgan fingerprint density at radius 3 is 2.88 bits per heavy atom. The second-order valence-corrected chi connectivity index (χ2v) is 7.55. The van der Waals surface area contributed by atoms with Gasteiger partial charge in [0.2, 0.25) is 0 Å². The lowest BCUT2D eigenvalue weighted by molar-refractivity contribution is 0.627. The number of rotatable bonds is 2. The van der Waals surface area contributed by atoms with Crippen LogP contribution in [-0.4, -0.2) is 21.5 Å². The summed E-state index contributed by atoms with van der Waals surface area (Å²) < 4.78 is 0. The molecular weight excluding hydrogens is 340 g/mol. The Morgan fingerprint density at radius 1 is 1.08 bits per heavy atom. The van der Waals surface area contributed by atoms with Crippen molar-refractivity contribution in [1.29, 1.82) is 0 Å². The molecule has 5 heteroatoms. The number of hydrogen-bond acceptors (Lipinski definition) is 5. The van der Waals surface area contributed by atoms with Gasteiger partial charge in [0.15, 0.2) is 5.82 Å². The molecule has 0 radical (unpaired) electrons. The Hall–Kier alpha value is -2.79. The molecule has 4 nitrogen and oxygen atoms in total. The van der Waals surface area contributed by atoms with Crippen LogP contribution in [0.15, 0.2) is 60.2 Å². The molecule has 0 N–H and O–H groups in total. The van der Waals surface area contributed by atoms with Gasteiger partial charge >= 0.3 is 0 Å². The molecule has 0 bridgehead atoms. The first-order valence-corrected chi connectivity index (χ1v) is 9.69. The molecule has 0 saturated heterocycles. The van der Waals surface area contributed by atoms with Crippen LogP contribution < -0.4 is 4.90 Å². The number of anilines is 1. The summed E-state index contributed by atoms with van der Waals surface area (Å²) in [6.45, 7) is 3.24. The first kappa shape index (κ1) is 15.5. The topological polar surface area (TPSA) is 41.9 Å². The maximum atomic E-state index is 4.98. The zero-order valence-electron chi connectivity index (χ0n) is 14.5. The second-order valence-electron chi connectivity index (χ2n) is 6.55. The molecule has 0 amide bonds. The van der Waals surface area contributed by atoms with Crippen LogP contribution in [0.2, 0.25) is 0 Å². The highest BCUT2D eigenvalue weighted by Crippen LogP contribution is 2.38. The van der Waals surface area contributed by atoms with E-state index in [0.29, 0.717) is 6.04 Å². The summed E-state index contributed by atoms with van der Waals surface area (Å²) in [5.41, 5.74) is 3.34. The molecule has 4 aromatic rings. The molecular formula is C21H18N4S. The number of para-hydroxylation sites is 1. The molecule has 0 fully saturated rings. The van der Waals surface area contributed by atoms with Crippen molar-refractivity contribution in [3.05, 3.63) is 70.7 Å². The van der Waals surface area contributed by atoms with Gasteiger partial charge in [-0.1, -0.05) is 12.1 Å². The quantitative estimate of drug-likeness (QED) is 0.512. The highest BCUT2D eigenvalue weighted by Gasteiger charge is 2.27. The molecule has 0 aliphatic carbocycles. The van der Waals surface area contributed by atoms with E-state index < -0.39 is 0 Å². The second kappa shape index (κ2) is 6.18. The predicted molar refractivity (Wildman–Crippen MR) is 107 cm³/mol. The predicted octanol–water partition coefficient (Wildman–Crippen LogP) is 4.88. The molecule has 26 heavy (non-hydrogen) atoms. The van der Waals surface area contributed by atoms with Gasteiger partial charge in [0.05, 0.1) is 11.6 Å². The lowest BCUT2D eigenvalue weighted by atomic mass is 10.0. The number of benzene rings is 1. The van der Waals surface area contributed by atoms with E-state index in [2.05, 4.69) is 46.5 Å². The van der Waals surface area contributed by atoms with Crippen LogP contribution in [0.3, 0.4) is 0 Å². The fourth-order valence-corrected chi connectivity index (χ4v) is 4.66. The number of thiophene rings is 1. The van der Waals surface area contributed by atoms with Gasteiger partial charge in [-0.2, -0.15) is 0 Å². The third kappa shape index (κ3) is 2.47. The zero-order valence-corrected chi connectivity index (χ0v) is 15.3. The lowest BCUT2D eigenvalue weighted by Crippen LogP contribution is -2.34. The normalized spacial score (nSPS) is 16.7. The molecule has 0 spiro atoms. The summed E-state index contributed by atoms with van der Waals surface area (Å²) >= 11 is 1.86. The van der Waals surface area contributed by atoms with E-state index in [-0.39, 0.29) is 0 Å². The van der Waals surface area contributed by atoms with Crippen LogP contribution in [0.25, 0.3) is 22.3 Å². The fraction of sp³-hybridized carbons (Fsp3) is 0.190. The van der Waals surface area contributed by atoms with Gasteiger partial charge in [-0.3, -0.25) is 4.98 Å². The van der Waals surface area contributed by atoms with Gasteiger partial charge in [0.1, 0.15) is 5.82 Å². The monoisotopic (exact) mass is 358 g/mol. The third-order valence-electron chi connectivity index (χ3n) is 5.05. The van der Waals surface area contributed by atoms with E-state index in [1.54, 1.807) is 6.20 Å². The number of aromatic nitrogens is 3. The first-order chi connectivity index (χ1) is 12.8. The number of nitrogens with zero attached hydrogens (tertiary/aromatic N) is 4. The SMILES string of the molecule is C[C@H]1c2ccsc2CCN1c1nc(-c2cccnc2)nc2ccccc12. The van der Waals surface area contributed by atoms with E-state index >= 15 is 0 Å². The first-order valence-electron chi connectivity index (χ1n) is 8.81. The van der Waals surface area contributed by atoms with Gasteiger partial charge in [-0.05, 0) is 54.6 Å². The summed E-state index contributed by atoms with van der Waals surface area (Å²) in [7, 11) is 0. The molecule has 1 atom stereocenters. The molecule has 3 aromatic heterocycles. The fourth-order valence-electron chi connectivity index (χ4n) is 3.70. The van der Waals surface area contributed by atoms with Crippen LogP contribution in [0.1, 0.15) is 23.4 Å². The minimum absolute atomic E-state index is 0.310. The van der Waals surface area contributed by atoms with Crippen LogP contribution in [0.4, 0.5) is 5.82 Å². The van der Waals surface area contributed by atoms with E-state index in [1.807, 2.05) is 35.7 Å². The van der Waals surface area contributed by atoms with Gasteiger partial charge < -0.3 is 4.90 Å². The molecule has 1 aliphatic heterocycles. The summed E-state index contributed by atoms with van der Waals surface area (Å²) in [5, 5.41) is 3.30. The summed E-state index contributed by atoms with van der Waals surface area (Å²) in [6, 6.07) is 14.8. The van der Waals surface area contributed by atoms with Crippen LogP contribution in [-0.2, 0) is 6.42 Å². The number of pyridine rings is 1. The smallest absolute Gasteiger partial charge is 0.163 e. The molecule has 1 aliphatic rings. The molecule has 4 heterocycles. The molecule has 1 aromatic carbocycles. The summed E-state index contributed by atoms with van der Waals surface area (Å²) in [6.07, 6.45) is 4.67. The summed E-state index contributed by atoms with van der Waals surface area (Å²) in [5.74, 6) is 1.74. The van der Waals surface area contributed by atoms with E-state index in [4.69, 9.17) is 9.97 Å². The van der Waals surface area contributed by atoms with Crippen molar-refractivity contribution in [2.24, 2.45) is 0 Å². The van der Waals surface area contributed by atoms with Crippen LogP contribution in [0, 0.1) is 0 Å². The Labute approximate surface area is 156 Å². The van der Waals surface area contributed by atoms with E-state index in [0.717, 1.165) is 41.1 Å². The Bertz CT molecular complexity index is 1070. The lowest BCUT2D eigenvalue weighted by Gasteiger charge is -2.35. The summed E-state index contributed by atoms with van der Waals surface area (Å²) in [4.78, 5) is 17.9. The highest BCUT2D eigenvalue weighted by atomic mass is 32.1. The zero-order chi connectivity index (χ0) is 17.5. The average Bonchev–Trinajstić information content (AvgIpc) is 3.18. The van der Waals surface area contributed by atoms with Crippen molar-refractivity contribution in [2.75, 3.05) is 11.4 Å². The largest absolute Gasteiger partial charge is 0.349 e. The van der Waals surface area contributed by atoms with Crippen molar-refractivity contribution in [1.82, 2.24) is 15.0 Å². The van der Waals surface area contributed by atoms with Crippen molar-refractivity contribution in [3.63, 3.8) is 0 Å². The third-order valence-corrected chi connectivity index (χ3v) is 6.05. The van der Waals surface area contributed by atoms with E-state index in [9.17, 15) is 0 Å². The van der Waals surface area contributed by atoms with Gasteiger partial charge in [-0.15, -0.1) is 11.3 Å². The minimum atomic E-state index is 0.310. The standard InChI is InChI=1S/C21H18N4S/c1-14-16-9-12-26-19(16)8-11-25(14)21-17-6-2-3-7-18(17)23-20(24-21)15-5-4-10-22-13-15/h2-7,9-10,12-14H,8,11H2,1H3/t14-/m0/s1. The number of fused-ring (bicyclic) bond motifs is 2. The minimum Gasteiger partial charge on any atom is -0.349 e. The Kier molecular flexibility index (Phi) is 3.68. The van der Waals surface area contributed by atoms with Crippen molar-refractivity contribution < 1.29 is 0 Å². The van der Waals surface area contributed by atoms with Gasteiger partial charge in [-0.25, -0.2) is 9.97 Å². The average molecular weight is 358 g/mol. The maximum absolute atomic E-state index is 4.98. The van der Waals surface area contributed by atoms with Crippen LogP contribution in [0.5, 0.6) is 0 Å². The van der Waals surface area contributed by atoms with Crippen molar-refractivity contribution in [2.45, 2.75) is 19.4 Å².